The molecule has 0 bridgehead atoms. The number of pyridine rings is 1. The molecule has 0 atom stereocenters. The molecule has 0 saturated heterocycles. The molecule has 1 N–H and O–H groups in total. The van der Waals surface area contributed by atoms with Crippen LogP contribution in [0.4, 0.5) is 5.69 Å². The van der Waals surface area contributed by atoms with Crippen molar-refractivity contribution in [2.24, 2.45) is 11.3 Å². The number of nitrogens with zero attached hydrogens (tertiary/aromatic N) is 1. The summed E-state index contributed by atoms with van der Waals surface area (Å²) in [6.45, 7) is 11.3. The molecule has 19 heavy (non-hydrogen) atoms. The molecule has 0 aliphatic heterocycles. The lowest BCUT2D eigenvalue weighted by atomic mass is 9.71. The van der Waals surface area contributed by atoms with Crippen molar-refractivity contribution in [1.29, 1.82) is 0 Å². The van der Waals surface area contributed by atoms with Gasteiger partial charge in [0.25, 0.3) is 0 Å². The topological polar surface area (TPSA) is 24.9 Å². The Morgan fingerprint density at radius 1 is 1.00 bits per heavy atom. The summed E-state index contributed by atoms with van der Waals surface area (Å²) in [5, 5.41) is 3.69. The van der Waals surface area contributed by atoms with Crippen LogP contribution >= 0.6 is 0 Å². The predicted octanol–water partition coefficient (Wildman–Crippen LogP) is 4.72. The number of hydrogen-bond acceptors (Lipinski definition) is 2. The van der Waals surface area contributed by atoms with Gasteiger partial charge < -0.3 is 5.32 Å². The number of anilines is 1. The first kappa shape index (κ1) is 14.4. The van der Waals surface area contributed by atoms with Crippen molar-refractivity contribution in [2.45, 2.75) is 66.3 Å². The van der Waals surface area contributed by atoms with Gasteiger partial charge in [0, 0.05) is 23.1 Å². The molecule has 2 rings (SSSR count). The smallest absolute Gasteiger partial charge is 0.0396 e. The Bertz CT molecular complexity index is 403. The highest BCUT2D eigenvalue weighted by Gasteiger charge is 2.29. The summed E-state index contributed by atoms with van der Waals surface area (Å²) >= 11 is 0. The molecule has 1 heterocycles. The van der Waals surface area contributed by atoms with Gasteiger partial charge in [-0.25, -0.2) is 0 Å². The molecule has 2 nitrogen and oxygen atoms in total. The lowest BCUT2D eigenvalue weighted by Crippen LogP contribution is -2.31. The summed E-state index contributed by atoms with van der Waals surface area (Å²) in [6, 6.07) is 4.95. The van der Waals surface area contributed by atoms with E-state index in [0.29, 0.717) is 11.5 Å². The maximum atomic E-state index is 4.43. The second-order valence-corrected chi connectivity index (χ2v) is 7.20. The maximum Gasteiger partial charge on any atom is 0.0396 e. The first-order valence-electron chi connectivity index (χ1n) is 7.56. The Morgan fingerprint density at radius 3 is 2.00 bits per heavy atom. The van der Waals surface area contributed by atoms with E-state index in [9.17, 15) is 0 Å². The van der Waals surface area contributed by atoms with E-state index in [1.54, 1.807) is 0 Å². The maximum absolute atomic E-state index is 4.43. The molecule has 0 unspecified atom stereocenters. The first-order chi connectivity index (χ1) is 8.84. The van der Waals surface area contributed by atoms with E-state index in [1.807, 2.05) is 0 Å². The quantitative estimate of drug-likeness (QED) is 0.832. The number of aryl methyl sites for hydroxylation is 2. The van der Waals surface area contributed by atoms with Crippen LogP contribution in [-0.2, 0) is 0 Å². The fraction of sp³-hybridized carbons (Fsp3) is 0.706. The van der Waals surface area contributed by atoms with Crippen molar-refractivity contribution < 1.29 is 0 Å². The number of nitrogens with one attached hydrogen (secondary N) is 1. The van der Waals surface area contributed by atoms with Gasteiger partial charge in [0.15, 0.2) is 0 Å². The second kappa shape index (κ2) is 5.52. The van der Waals surface area contributed by atoms with Crippen LogP contribution < -0.4 is 5.32 Å². The van der Waals surface area contributed by atoms with Crippen molar-refractivity contribution in [3.63, 3.8) is 0 Å². The molecule has 0 aromatic carbocycles. The third kappa shape index (κ3) is 3.95. The van der Waals surface area contributed by atoms with E-state index in [4.69, 9.17) is 0 Å². The number of rotatable bonds is 2. The van der Waals surface area contributed by atoms with Crippen LogP contribution in [0.5, 0.6) is 0 Å². The van der Waals surface area contributed by atoms with E-state index in [0.717, 1.165) is 17.3 Å². The van der Waals surface area contributed by atoms with Gasteiger partial charge in [-0.3, -0.25) is 4.98 Å². The minimum absolute atomic E-state index is 0.467. The highest BCUT2D eigenvalue weighted by Crippen LogP contribution is 2.38. The monoisotopic (exact) mass is 260 g/mol. The van der Waals surface area contributed by atoms with Crippen LogP contribution in [0.25, 0.3) is 0 Å². The highest BCUT2D eigenvalue weighted by atomic mass is 14.9. The summed E-state index contributed by atoms with van der Waals surface area (Å²) in [5.74, 6) is 0.881. The zero-order chi connectivity index (χ0) is 14.0. The molecule has 1 fully saturated rings. The molecule has 106 valence electrons. The van der Waals surface area contributed by atoms with Gasteiger partial charge in [-0.05, 0) is 63.0 Å². The molecule has 0 spiro atoms. The average Bonchev–Trinajstić information content (AvgIpc) is 2.26. The van der Waals surface area contributed by atoms with Gasteiger partial charge in [0.05, 0.1) is 0 Å². The Balaban J connectivity index is 1.92. The predicted molar refractivity (Wildman–Crippen MR) is 82.5 cm³/mol. The summed E-state index contributed by atoms with van der Waals surface area (Å²) < 4.78 is 0. The zero-order valence-electron chi connectivity index (χ0n) is 13.1. The van der Waals surface area contributed by atoms with E-state index in [-0.39, 0.29) is 0 Å². The third-order valence-corrected chi connectivity index (χ3v) is 4.40. The fourth-order valence-corrected chi connectivity index (χ4v) is 3.26. The minimum Gasteiger partial charge on any atom is -0.382 e. The van der Waals surface area contributed by atoms with Crippen LogP contribution in [0, 0.1) is 25.2 Å². The number of hydrogen-bond donors (Lipinski definition) is 1. The Kier molecular flexibility index (Phi) is 4.17. The molecule has 2 heteroatoms. The first-order valence-corrected chi connectivity index (χ1v) is 7.56. The number of aromatic nitrogens is 1. The van der Waals surface area contributed by atoms with E-state index >= 15 is 0 Å². The lowest BCUT2D eigenvalue weighted by molar-refractivity contribution is 0.173. The van der Waals surface area contributed by atoms with Crippen molar-refractivity contribution >= 4 is 5.69 Å². The molecule has 1 aliphatic carbocycles. The highest BCUT2D eigenvalue weighted by molar-refractivity contribution is 5.46. The Morgan fingerprint density at radius 2 is 1.53 bits per heavy atom. The summed E-state index contributed by atoms with van der Waals surface area (Å²) in [5.41, 5.74) is 3.91. The standard InChI is InChI=1S/C17H28N2/c1-12-10-16(11-13(2)18-12)19-15-8-6-14(7-9-15)17(3,4)5/h10-11,14-15H,6-9H2,1-5H3,(H,18,19)/t14-,15+. The zero-order valence-corrected chi connectivity index (χ0v) is 13.1. The molecular formula is C17H28N2. The SMILES string of the molecule is Cc1cc(N[C@H]2CC[C@@H](C(C)(C)C)CC2)cc(C)n1. The molecule has 0 amide bonds. The normalized spacial score (nSPS) is 24.3. The molecular weight excluding hydrogens is 232 g/mol. The molecule has 1 saturated carbocycles. The molecule has 1 aromatic rings. The van der Waals surface area contributed by atoms with E-state index in [1.165, 1.54) is 31.4 Å². The van der Waals surface area contributed by atoms with Crippen LogP contribution in [0.1, 0.15) is 57.8 Å². The van der Waals surface area contributed by atoms with Crippen LogP contribution in [0.3, 0.4) is 0 Å². The molecule has 1 aromatic heterocycles. The Labute approximate surface area is 118 Å². The lowest BCUT2D eigenvalue weighted by Gasteiger charge is -2.37. The van der Waals surface area contributed by atoms with Crippen molar-refractivity contribution in [3.8, 4) is 0 Å². The van der Waals surface area contributed by atoms with Crippen LogP contribution in [-0.4, -0.2) is 11.0 Å². The van der Waals surface area contributed by atoms with Crippen molar-refractivity contribution in [2.75, 3.05) is 5.32 Å². The average molecular weight is 260 g/mol. The molecule has 0 radical (unpaired) electrons. The third-order valence-electron chi connectivity index (χ3n) is 4.40. The largest absolute Gasteiger partial charge is 0.382 e. The van der Waals surface area contributed by atoms with Gasteiger partial charge >= 0.3 is 0 Å². The summed E-state index contributed by atoms with van der Waals surface area (Å²) in [6.07, 6.45) is 5.29. The summed E-state index contributed by atoms with van der Waals surface area (Å²) in [4.78, 5) is 4.43. The van der Waals surface area contributed by atoms with Crippen molar-refractivity contribution in [3.05, 3.63) is 23.5 Å². The van der Waals surface area contributed by atoms with Gasteiger partial charge in [-0.1, -0.05) is 20.8 Å². The fourth-order valence-electron chi connectivity index (χ4n) is 3.26. The van der Waals surface area contributed by atoms with E-state index in [2.05, 4.69) is 57.1 Å². The van der Waals surface area contributed by atoms with Gasteiger partial charge in [-0.15, -0.1) is 0 Å². The van der Waals surface area contributed by atoms with Crippen LogP contribution in [0.2, 0.25) is 0 Å². The van der Waals surface area contributed by atoms with Gasteiger partial charge in [-0.2, -0.15) is 0 Å². The van der Waals surface area contributed by atoms with Crippen LogP contribution in [0.15, 0.2) is 12.1 Å². The molecule has 1 aliphatic rings. The Hall–Kier alpha value is -1.05. The van der Waals surface area contributed by atoms with Gasteiger partial charge in [0.2, 0.25) is 0 Å². The minimum atomic E-state index is 0.467. The van der Waals surface area contributed by atoms with E-state index < -0.39 is 0 Å². The summed E-state index contributed by atoms with van der Waals surface area (Å²) in [7, 11) is 0. The van der Waals surface area contributed by atoms with Crippen molar-refractivity contribution in [1.82, 2.24) is 4.98 Å². The van der Waals surface area contributed by atoms with Gasteiger partial charge in [0.1, 0.15) is 0 Å². The second-order valence-electron chi connectivity index (χ2n) is 7.20.